The first-order chi connectivity index (χ1) is 10.7. The van der Waals surface area contributed by atoms with E-state index in [4.69, 9.17) is 4.74 Å². The Hall–Kier alpha value is -1.51. The van der Waals surface area contributed by atoms with Crippen LogP contribution in [0.25, 0.3) is 0 Å². The zero-order valence-corrected chi connectivity index (χ0v) is 13.3. The zero-order valence-electron chi connectivity index (χ0n) is 11.6. The highest BCUT2D eigenvalue weighted by Gasteiger charge is 2.24. The van der Waals surface area contributed by atoms with Crippen molar-refractivity contribution in [3.8, 4) is 0 Å². The van der Waals surface area contributed by atoms with E-state index in [1.165, 1.54) is 29.2 Å². The molecule has 1 N–H and O–H groups in total. The van der Waals surface area contributed by atoms with E-state index in [1.807, 2.05) is 0 Å². The minimum absolute atomic E-state index is 0.181. The number of carbonyl (C=O) groups excluding carboxylic acids is 1. The SMILES string of the molecule is O=C(Nc1nnc(SCc2ccccc2F)s1)[C@H]1CCCO1. The first-order valence-electron chi connectivity index (χ1n) is 6.84. The fraction of sp³-hybridized carbons (Fsp3) is 0.357. The molecule has 1 aromatic heterocycles. The average Bonchev–Trinajstić information content (AvgIpc) is 3.18. The van der Waals surface area contributed by atoms with Crippen molar-refractivity contribution in [3.05, 3.63) is 35.6 Å². The summed E-state index contributed by atoms with van der Waals surface area (Å²) in [5.41, 5.74) is 0.618. The van der Waals surface area contributed by atoms with Gasteiger partial charge in [-0.1, -0.05) is 41.3 Å². The number of carbonyl (C=O) groups is 1. The number of nitrogens with zero attached hydrogens (tertiary/aromatic N) is 2. The number of hydrogen-bond donors (Lipinski definition) is 1. The van der Waals surface area contributed by atoms with Crippen LogP contribution in [0.1, 0.15) is 18.4 Å². The molecule has 0 saturated carbocycles. The third kappa shape index (κ3) is 3.82. The van der Waals surface area contributed by atoms with Crippen LogP contribution in [-0.2, 0) is 15.3 Å². The van der Waals surface area contributed by atoms with Crippen molar-refractivity contribution in [2.75, 3.05) is 11.9 Å². The van der Waals surface area contributed by atoms with Crippen molar-refractivity contribution >= 4 is 34.1 Å². The number of hydrogen-bond acceptors (Lipinski definition) is 6. The quantitative estimate of drug-likeness (QED) is 0.670. The van der Waals surface area contributed by atoms with Gasteiger partial charge in [0, 0.05) is 12.4 Å². The highest BCUT2D eigenvalue weighted by Crippen LogP contribution is 2.29. The first-order valence-corrected chi connectivity index (χ1v) is 8.65. The van der Waals surface area contributed by atoms with Crippen molar-refractivity contribution in [2.45, 2.75) is 29.0 Å². The zero-order chi connectivity index (χ0) is 15.4. The number of amides is 1. The van der Waals surface area contributed by atoms with Crippen LogP contribution in [0.5, 0.6) is 0 Å². The molecular weight excluding hydrogens is 325 g/mol. The fourth-order valence-corrected chi connectivity index (χ4v) is 3.79. The summed E-state index contributed by atoms with van der Waals surface area (Å²) in [6.07, 6.45) is 1.25. The molecule has 0 aliphatic carbocycles. The number of aromatic nitrogens is 2. The summed E-state index contributed by atoms with van der Waals surface area (Å²) < 4.78 is 19.5. The molecule has 1 atom stereocenters. The lowest BCUT2D eigenvalue weighted by molar-refractivity contribution is -0.124. The molecule has 116 valence electrons. The van der Waals surface area contributed by atoms with Crippen LogP contribution in [-0.4, -0.2) is 28.8 Å². The van der Waals surface area contributed by atoms with Gasteiger partial charge in [-0.15, -0.1) is 10.2 Å². The summed E-state index contributed by atoms with van der Waals surface area (Å²) in [6, 6.07) is 6.63. The lowest BCUT2D eigenvalue weighted by atomic mass is 10.2. The van der Waals surface area contributed by atoms with Gasteiger partial charge in [0.1, 0.15) is 11.9 Å². The lowest BCUT2D eigenvalue weighted by Crippen LogP contribution is -2.26. The van der Waals surface area contributed by atoms with Gasteiger partial charge in [-0.25, -0.2) is 4.39 Å². The Morgan fingerprint density at radius 2 is 2.32 bits per heavy atom. The lowest BCUT2D eigenvalue weighted by Gasteiger charge is -2.06. The van der Waals surface area contributed by atoms with Crippen molar-refractivity contribution in [2.24, 2.45) is 0 Å². The van der Waals surface area contributed by atoms with Gasteiger partial charge in [0.15, 0.2) is 4.34 Å². The topological polar surface area (TPSA) is 64.1 Å². The molecule has 0 unspecified atom stereocenters. The maximum absolute atomic E-state index is 13.5. The molecule has 1 aromatic carbocycles. The van der Waals surface area contributed by atoms with Gasteiger partial charge >= 0.3 is 0 Å². The molecule has 1 amide bonds. The molecule has 5 nitrogen and oxygen atoms in total. The Balaban J connectivity index is 1.55. The smallest absolute Gasteiger partial charge is 0.255 e. The third-order valence-corrected chi connectivity index (χ3v) is 5.19. The second-order valence-electron chi connectivity index (χ2n) is 4.74. The molecule has 22 heavy (non-hydrogen) atoms. The van der Waals surface area contributed by atoms with Crippen LogP contribution in [0.4, 0.5) is 9.52 Å². The first kappa shape index (κ1) is 15.4. The molecule has 0 spiro atoms. The highest BCUT2D eigenvalue weighted by atomic mass is 32.2. The van der Waals surface area contributed by atoms with Crippen LogP contribution < -0.4 is 5.32 Å². The van der Waals surface area contributed by atoms with Crippen LogP contribution in [0, 0.1) is 5.82 Å². The van der Waals surface area contributed by atoms with E-state index in [1.54, 1.807) is 18.2 Å². The molecular formula is C14H14FN3O2S2. The Bertz CT molecular complexity index is 659. The van der Waals surface area contributed by atoms with Crippen LogP contribution in [0.15, 0.2) is 28.6 Å². The number of benzene rings is 1. The van der Waals surface area contributed by atoms with Gasteiger partial charge in [-0.3, -0.25) is 10.1 Å². The molecule has 2 heterocycles. The number of anilines is 1. The average molecular weight is 339 g/mol. The molecule has 3 rings (SSSR count). The van der Waals surface area contributed by atoms with Crippen LogP contribution in [0.3, 0.4) is 0 Å². The summed E-state index contributed by atoms with van der Waals surface area (Å²) in [7, 11) is 0. The van der Waals surface area contributed by atoms with Gasteiger partial charge in [0.05, 0.1) is 0 Å². The molecule has 1 fully saturated rings. The largest absolute Gasteiger partial charge is 0.368 e. The van der Waals surface area contributed by atoms with Crippen LogP contribution in [0.2, 0.25) is 0 Å². The van der Waals surface area contributed by atoms with Crippen molar-refractivity contribution in [1.82, 2.24) is 10.2 Å². The molecule has 1 aliphatic heterocycles. The van der Waals surface area contributed by atoms with Crippen molar-refractivity contribution in [1.29, 1.82) is 0 Å². The normalized spacial score (nSPS) is 17.6. The number of nitrogens with one attached hydrogen (secondary N) is 1. The summed E-state index contributed by atoms with van der Waals surface area (Å²) >= 11 is 2.67. The summed E-state index contributed by atoms with van der Waals surface area (Å²) in [5, 5.41) is 11.1. The minimum atomic E-state index is -0.390. The summed E-state index contributed by atoms with van der Waals surface area (Å²) in [5.74, 6) is 0.0618. The molecule has 1 saturated heterocycles. The highest BCUT2D eigenvalue weighted by molar-refractivity contribution is 8.00. The van der Waals surface area contributed by atoms with Crippen LogP contribution >= 0.6 is 23.1 Å². The number of thioether (sulfide) groups is 1. The monoisotopic (exact) mass is 339 g/mol. The maximum atomic E-state index is 13.5. The molecule has 0 radical (unpaired) electrons. The van der Waals surface area contributed by atoms with Gasteiger partial charge in [0.2, 0.25) is 5.13 Å². The second kappa shape index (κ2) is 7.17. The van der Waals surface area contributed by atoms with E-state index >= 15 is 0 Å². The van der Waals surface area contributed by atoms with E-state index < -0.39 is 6.10 Å². The number of ether oxygens (including phenoxy) is 1. The standard InChI is InChI=1S/C14H14FN3O2S2/c15-10-5-2-1-4-9(10)8-21-14-18-17-13(22-14)16-12(19)11-6-3-7-20-11/h1-2,4-5,11H,3,6-8H2,(H,16,17,19)/t11-/m1/s1. The van der Waals surface area contributed by atoms with E-state index in [0.29, 0.717) is 27.4 Å². The molecule has 0 bridgehead atoms. The Kier molecular flexibility index (Phi) is 5.01. The third-order valence-electron chi connectivity index (χ3n) is 3.17. The van der Waals surface area contributed by atoms with E-state index in [9.17, 15) is 9.18 Å². The minimum Gasteiger partial charge on any atom is -0.368 e. The maximum Gasteiger partial charge on any atom is 0.255 e. The number of halogens is 1. The van der Waals surface area contributed by atoms with E-state index in [0.717, 1.165) is 12.8 Å². The molecule has 8 heteroatoms. The van der Waals surface area contributed by atoms with Crippen molar-refractivity contribution in [3.63, 3.8) is 0 Å². The predicted octanol–water partition coefficient (Wildman–Crippen LogP) is 3.09. The second-order valence-corrected chi connectivity index (χ2v) is 6.94. The molecule has 1 aliphatic rings. The Morgan fingerprint density at radius 1 is 1.45 bits per heavy atom. The molecule has 2 aromatic rings. The van der Waals surface area contributed by atoms with Gasteiger partial charge in [-0.2, -0.15) is 0 Å². The van der Waals surface area contributed by atoms with Gasteiger partial charge in [-0.05, 0) is 24.5 Å². The Labute approximate surface area is 135 Å². The van der Waals surface area contributed by atoms with Gasteiger partial charge < -0.3 is 4.74 Å². The Morgan fingerprint density at radius 3 is 3.09 bits per heavy atom. The summed E-state index contributed by atoms with van der Waals surface area (Å²) in [6.45, 7) is 0.623. The number of rotatable bonds is 5. The fourth-order valence-electron chi connectivity index (χ4n) is 2.04. The van der Waals surface area contributed by atoms with Crippen molar-refractivity contribution < 1.29 is 13.9 Å². The van der Waals surface area contributed by atoms with E-state index in [2.05, 4.69) is 15.5 Å². The van der Waals surface area contributed by atoms with Gasteiger partial charge in [0.25, 0.3) is 5.91 Å². The predicted molar refractivity (Wildman–Crippen MR) is 83.5 cm³/mol. The summed E-state index contributed by atoms with van der Waals surface area (Å²) in [4.78, 5) is 11.9. The van der Waals surface area contributed by atoms with E-state index in [-0.39, 0.29) is 11.7 Å².